The third-order valence-electron chi connectivity index (χ3n) is 4.11. The van der Waals surface area contributed by atoms with Crippen molar-refractivity contribution in [2.45, 2.75) is 84.0 Å². The van der Waals surface area contributed by atoms with Crippen LogP contribution in [0.1, 0.15) is 60.3 Å². The number of rotatable bonds is 8. The van der Waals surface area contributed by atoms with Crippen molar-refractivity contribution in [3.8, 4) is 0 Å². The van der Waals surface area contributed by atoms with Gasteiger partial charge in [-0.1, -0.05) is 0 Å². The van der Waals surface area contributed by atoms with E-state index >= 15 is 0 Å². The minimum Gasteiger partial charge on any atom is -0.444 e. The van der Waals surface area contributed by atoms with Gasteiger partial charge in [0.2, 0.25) is 0 Å². The molecule has 22 heavy (non-hydrogen) atoms. The van der Waals surface area contributed by atoms with Gasteiger partial charge in [0, 0.05) is 18.1 Å². The molecule has 0 radical (unpaired) electrons. The van der Waals surface area contributed by atoms with Crippen molar-refractivity contribution >= 4 is 6.09 Å². The van der Waals surface area contributed by atoms with E-state index in [2.05, 4.69) is 36.4 Å². The van der Waals surface area contributed by atoms with Crippen LogP contribution in [0.15, 0.2) is 0 Å². The summed E-state index contributed by atoms with van der Waals surface area (Å²) < 4.78 is 5.26. The lowest BCUT2D eigenvalue weighted by Gasteiger charge is -2.36. The molecule has 1 saturated carbocycles. The van der Waals surface area contributed by atoms with Crippen LogP contribution in [0, 0.1) is 0 Å². The fourth-order valence-electron chi connectivity index (χ4n) is 2.43. The van der Waals surface area contributed by atoms with Crippen molar-refractivity contribution in [2.75, 3.05) is 20.1 Å². The number of hydrogen-bond acceptors (Lipinski definition) is 4. The van der Waals surface area contributed by atoms with Gasteiger partial charge in [0.15, 0.2) is 0 Å². The number of nitrogens with zero attached hydrogens (tertiary/aromatic N) is 1. The van der Waals surface area contributed by atoms with Crippen LogP contribution in [0.5, 0.6) is 0 Å². The minimum absolute atomic E-state index is 0.263. The number of nitrogens with one attached hydrogen (secondary N) is 2. The molecule has 2 N–H and O–H groups in total. The molecular weight excluding hydrogens is 278 g/mol. The Morgan fingerprint density at radius 2 is 1.86 bits per heavy atom. The first kappa shape index (κ1) is 19.2. The predicted octanol–water partition coefficient (Wildman–Crippen LogP) is 2.75. The highest BCUT2D eigenvalue weighted by Gasteiger charge is 2.30. The molecule has 5 nitrogen and oxygen atoms in total. The van der Waals surface area contributed by atoms with Gasteiger partial charge < -0.3 is 20.3 Å². The molecule has 130 valence electrons. The average Bonchev–Trinajstić information content (AvgIpc) is 2.32. The normalized spacial score (nSPS) is 21.8. The van der Waals surface area contributed by atoms with Crippen molar-refractivity contribution in [1.82, 2.24) is 15.5 Å². The molecular formula is C17H35N3O2. The smallest absolute Gasteiger partial charge is 0.407 e. The number of alkyl carbamates (subject to hydrolysis) is 1. The Morgan fingerprint density at radius 3 is 2.41 bits per heavy atom. The molecule has 1 aliphatic carbocycles. The number of ether oxygens (including phenoxy) is 1. The zero-order valence-electron chi connectivity index (χ0n) is 15.2. The second-order valence-corrected chi connectivity index (χ2v) is 7.75. The van der Waals surface area contributed by atoms with E-state index in [0.29, 0.717) is 12.1 Å². The number of carbonyl (C=O) groups excluding carboxylic acids is 1. The predicted molar refractivity (Wildman–Crippen MR) is 91.2 cm³/mol. The van der Waals surface area contributed by atoms with Crippen molar-refractivity contribution < 1.29 is 9.53 Å². The van der Waals surface area contributed by atoms with Gasteiger partial charge >= 0.3 is 6.09 Å². The third kappa shape index (κ3) is 7.99. The maximum absolute atomic E-state index is 11.6. The summed E-state index contributed by atoms with van der Waals surface area (Å²) in [7, 11) is 2.18. The minimum atomic E-state index is -0.422. The third-order valence-corrected chi connectivity index (χ3v) is 4.11. The number of unbranched alkanes of at least 4 members (excludes halogenated alkanes) is 1. The monoisotopic (exact) mass is 313 g/mol. The molecule has 0 atom stereocenters. The van der Waals surface area contributed by atoms with Crippen molar-refractivity contribution in [2.24, 2.45) is 0 Å². The van der Waals surface area contributed by atoms with Crippen LogP contribution in [0.25, 0.3) is 0 Å². The highest BCUT2D eigenvalue weighted by atomic mass is 16.6. The highest BCUT2D eigenvalue weighted by Crippen LogP contribution is 2.20. The summed E-state index contributed by atoms with van der Waals surface area (Å²) >= 11 is 0. The van der Waals surface area contributed by atoms with Crippen LogP contribution in [0.4, 0.5) is 4.79 Å². The molecule has 0 heterocycles. The van der Waals surface area contributed by atoms with Crippen LogP contribution in [0.3, 0.4) is 0 Å². The largest absolute Gasteiger partial charge is 0.444 e. The second kappa shape index (κ2) is 8.73. The lowest BCUT2D eigenvalue weighted by atomic mass is 9.87. The molecule has 0 aromatic rings. The van der Waals surface area contributed by atoms with Crippen molar-refractivity contribution in [3.05, 3.63) is 0 Å². The zero-order valence-corrected chi connectivity index (χ0v) is 15.2. The van der Waals surface area contributed by atoms with E-state index in [4.69, 9.17) is 4.74 Å². The van der Waals surface area contributed by atoms with Gasteiger partial charge in [-0.25, -0.2) is 4.79 Å². The molecule has 1 rings (SSSR count). The van der Waals surface area contributed by atoms with Crippen molar-refractivity contribution in [3.63, 3.8) is 0 Å². The number of carbonyl (C=O) groups is 1. The molecule has 1 amide bonds. The van der Waals surface area contributed by atoms with E-state index < -0.39 is 5.60 Å². The molecule has 1 aliphatic rings. The first-order valence-electron chi connectivity index (χ1n) is 8.60. The lowest BCUT2D eigenvalue weighted by molar-refractivity contribution is 0.0465. The van der Waals surface area contributed by atoms with Crippen molar-refractivity contribution in [1.29, 1.82) is 0 Å². The molecule has 0 spiro atoms. The average molecular weight is 313 g/mol. The summed E-state index contributed by atoms with van der Waals surface area (Å²) in [6.07, 6.45) is 4.15. The zero-order chi connectivity index (χ0) is 16.8. The molecule has 0 saturated heterocycles. The van der Waals surface area contributed by atoms with Gasteiger partial charge in [-0.2, -0.15) is 0 Å². The van der Waals surface area contributed by atoms with E-state index in [1.807, 2.05) is 20.8 Å². The first-order chi connectivity index (χ1) is 10.2. The Hall–Kier alpha value is -0.810. The first-order valence-corrected chi connectivity index (χ1v) is 8.60. The second-order valence-electron chi connectivity index (χ2n) is 7.75. The van der Waals surface area contributed by atoms with Gasteiger partial charge in [0.1, 0.15) is 5.60 Å². The summed E-state index contributed by atoms with van der Waals surface area (Å²) in [5, 5.41) is 6.49. The maximum atomic E-state index is 11.6. The maximum Gasteiger partial charge on any atom is 0.407 e. The summed E-state index contributed by atoms with van der Waals surface area (Å²) in [6, 6.07) is 1.43. The topological polar surface area (TPSA) is 53.6 Å². The summed E-state index contributed by atoms with van der Waals surface area (Å²) in [5.74, 6) is 0. The van der Waals surface area contributed by atoms with Gasteiger partial charge in [0.25, 0.3) is 0 Å². The Balaban J connectivity index is 1.99. The van der Waals surface area contributed by atoms with E-state index in [9.17, 15) is 4.79 Å². The van der Waals surface area contributed by atoms with Crippen LogP contribution in [0.2, 0.25) is 0 Å². The Kier molecular flexibility index (Phi) is 7.63. The van der Waals surface area contributed by atoms with Gasteiger partial charge in [-0.15, -0.1) is 0 Å². The molecule has 0 aromatic heterocycles. The highest BCUT2D eigenvalue weighted by molar-refractivity contribution is 5.68. The molecule has 0 aromatic carbocycles. The van der Waals surface area contributed by atoms with Gasteiger partial charge in [-0.3, -0.25) is 0 Å². The molecule has 5 heteroatoms. The molecule has 0 unspecified atom stereocenters. The van der Waals surface area contributed by atoms with E-state index in [1.54, 1.807) is 0 Å². The number of amides is 1. The van der Waals surface area contributed by atoms with Crippen LogP contribution in [-0.2, 0) is 4.74 Å². The fourth-order valence-corrected chi connectivity index (χ4v) is 2.43. The summed E-state index contributed by atoms with van der Waals surface area (Å²) in [6.45, 7) is 12.3. The standard InChI is InChI=1S/C17H35N3O2/c1-13(2)20(6)10-8-7-9-18-14-11-15(12-14)19-16(21)22-17(3,4)5/h13-15,18H,7-12H2,1-6H3,(H,19,21). The van der Waals surface area contributed by atoms with E-state index in [-0.39, 0.29) is 12.1 Å². The fraction of sp³-hybridized carbons (Fsp3) is 0.941. The van der Waals surface area contributed by atoms with Crippen LogP contribution < -0.4 is 10.6 Å². The Labute approximate surface area is 136 Å². The summed E-state index contributed by atoms with van der Waals surface area (Å²) in [5.41, 5.74) is -0.422. The van der Waals surface area contributed by atoms with E-state index in [0.717, 1.165) is 25.9 Å². The van der Waals surface area contributed by atoms with Gasteiger partial charge in [-0.05, 0) is 80.4 Å². The molecule has 1 fully saturated rings. The number of hydrogen-bond donors (Lipinski definition) is 2. The Morgan fingerprint density at radius 1 is 1.23 bits per heavy atom. The Bertz CT molecular complexity index is 333. The van der Waals surface area contributed by atoms with Crippen LogP contribution >= 0.6 is 0 Å². The molecule has 0 aliphatic heterocycles. The quantitative estimate of drug-likeness (QED) is 0.677. The van der Waals surface area contributed by atoms with Crippen LogP contribution in [-0.4, -0.2) is 54.9 Å². The SMILES string of the molecule is CC(C)N(C)CCCCNC1CC(NC(=O)OC(C)(C)C)C1. The molecule has 0 bridgehead atoms. The van der Waals surface area contributed by atoms with Gasteiger partial charge in [0.05, 0.1) is 0 Å². The summed E-state index contributed by atoms with van der Waals surface area (Å²) in [4.78, 5) is 14.0. The van der Waals surface area contributed by atoms with E-state index in [1.165, 1.54) is 12.8 Å². The lowest BCUT2D eigenvalue weighted by Crippen LogP contribution is -2.53.